The molecule has 0 unspecified atom stereocenters. The number of rotatable bonds is 2. The van der Waals surface area contributed by atoms with E-state index in [-0.39, 0.29) is 5.56 Å². The summed E-state index contributed by atoms with van der Waals surface area (Å²) >= 11 is 0. The Bertz CT molecular complexity index is 853. The molecule has 0 atom stereocenters. The smallest absolute Gasteiger partial charge is 0.300 e. The normalized spacial score (nSPS) is 10.9. The SMILES string of the molecule is COc1ccc2c(ccc3oc(N(C)C)nc(=O)c32)c1. The highest BCUT2D eigenvalue weighted by Gasteiger charge is 2.11. The maximum atomic E-state index is 12.2. The molecule has 0 aliphatic carbocycles. The second-order valence-corrected chi connectivity index (χ2v) is 4.72. The molecule has 1 aromatic heterocycles. The molecule has 1 heterocycles. The average Bonchev–Trinajstić information content (AvgIpc) is 2.45. The van der Waals surface area contributed by atoms with Crippen LogP contribution in [0.2, 0.25) is 0 Å². The van der Waals surface area contributed by atoms with Crippen LogP contribution in [-0.4, -0.2) is 26.2 Å². The first-order chi connectivity index (χ1) is 9.60. The van der Waals surface area contributed by atoms with E-state index in [4.69, 9.17) is 9.15 Å². The fraction of sp³-hybridized carbons (Fsp3) is 0.200. The van der Waals surface area contributed by atoms with Crippen LogP contribution in [-0.2, 0) is 0 Å². The van der Waals surface area contributed by atoms with Gasteiger partial charge in [-0.15, -0.1) is 0 Å². The number of ether oxygens (including phenoxy) is 1. The molecular formula is C15H14N2O3. The lowest BCUT2D eigenvalue weighted by atomic mass is 10.1. The maximum absolute atomic E-state index is 12.2. The lowest BCUT2D eigenvalue weighted by Crippen LogP contribution is -2.16. The molecule has 0 radical (unpaired) electrons. The fourth-order valence-corrected chi connectivity index (χ4v) is 2.18. The summed E-state index contributed by atoms with van der Waals surface area (Å²) in [6.45, 7) is 0. The number of fused-ring (bicyclic) bond motifs is 3. The summed E-state index contributed by atoms with van der Waals surface area (Å²) in [5, 5.41) is 2.23. The van der Waals surface area contributed by atoms with Crippen molar-refractivity contribution in [2.45, 2.75) is 0 Å². The number of hydrogen-bond donors (Lipinski definition) is 0. The van der Waals surface area contributed by atoms with Gasteiger partial charge in [0.15, 0.2) is 0 Å². The first-order valence-electron chi connectivity index (χ1n) is 6.19. The Morgan fingerprint density at radius 2 is 2.00 bits per heavy atom. The molecule has 0 aliphatic rings. The summed E-state index contributed by atoms with van der Waals surface area (Å²) in [6, 6.07) is 9.55. The Morgan fingerprint density at radius 1 is 1.20 bits per heavy atom. The van der Waals surface area contributed by atoms with E-state index in [2.05, 4.69) is 4.98 Å². The van der Waals surface area contributed by atoms with Gasteiger partial charge in [0.25, 0.3) is 5.56 Å². The predicted molar refractivity (Wildman–Crippen MR) is 78.7 cm³/mol. The molecular weight excluding hydrogens is 256 g/mol. The van der Waals surface area contributed by atoms with Crippen molar-refractivity contribution in [3.05, 3.63) is 40.7 Å². The van der Waals surface area contributed by atoms with E-state index in [9.17, 15) is 4.79 Å². The average molecular weight is 270 g/mol. The Morgan fingerprint density at radius 3 is 2.70 bits per heavy atom. The molecule has 102 valence electrons. The highest BCUT2D eigenvalue weighted by Crippen LogP contribution is 2.27. The molecule has 0 spiro atoms. The van der Waals surface area contributed by atoms with Crippen molar-refractivity contribution in [2.24, 2.45) is 0 Å². The molecule has 0 N–H and O–H groups in total. The summed E-state index contributed by atoms with van der Waals surface area (Å²) in [7, 11) is 5.17. The minimum Gasteiger partial charge on any atom is -0.497 e. The second kappa shape index (κ2) is 4.52. The molecule has 0 saturated carbocycles. The van der Waals surface area contributed by atoms with Gasteiger partial charge in [0.1, 0.15) is 11.3 Å². The molecule has 0 amide bonds. The van der Waals surface area contributed by atoms with Crippen LogP contribution in [0, 0.1) is 0 Å². The summed E-state index contributed by atoms with van der Waals surface area (Å²) in [5.41, 5.74) is 0.247. The molecule has 0 saturated heterocycles. The second-order valence-electron chi connectivity index (χ2n) is 4.72. The van der Waals surface area contributed by atoms with Gasteiger partial charge in [-0.05, 0) is 35.0 Å². The van der Waals surface area contributed by atoms with Crippen LogP contribution < -0.4 is 15.2 Å². The third kappa shape index (κ3) is 1.87. The van der Waals surface area contributed by atoms with Gasteiger partial charge in [0.05, 0.1) is 12.5 Å². The topological polar surface area (TPSA) is 55.6 Å². The van der Waals surface area contributed by atoms with E-state index in [1.807, 2.05) is 24.3 Å². The number of aromatic nitrogens is 1. The highest BCUT2D eigenvalue weighted by molar-refractivity contribution is 6.05. The zero-order valence-corrected chi connectivity index (χ0v) is 11.5. The number of nitrogens with zero attached hydrogens (tertiary/aromatic N) is 2. The van der Waals surface area contributed by atoms with Gasteiger partial charge >= 0.3 is 6.01 Å². The van der Waals surface area contributed by atoms with Gasteiger partial charge < -0.3 is 14.1 Å². The third-order valence-electron chi connectivity index (χ3n) is 3.18. The van der Waals surface area contributed by atoms with E-state index < -0.39 is 0 Å². The molecule has 0 aliphatic heterocycles. The summed E-state index contributed by atoms with van der Waals surface area (Å²) in [6.07, 6.45) is 0. The Labute approximate surface area is 115 Å². The van der Waals surface area contributed by atoms with Gasteiger partial charge in [-0.2, -0.15) is 4.98 Å². The monoisotopic (exact) mass is 270 g/mol. The molecule has 5 heteroatoms. The Kier molecular flexibility index (Phi) is 2.82. The van der Waals surface area contributed by atoms with Crippen molar-refractivity contribution < 1.29 is 9.15 Å². The zero-order valence-electron chi connectivity index (χ0n) is 11.5. The van der Waals surface area contributed by atoms with Crippen LogP contribution in [0.25, 0.3) is 21.7 Å². The minimum absolute atomic E-state index is 0.286. The molecule has 5 nitrogen and oxygen atoms in total. The molecule has 2 aromatic carbocycles. The van der Waals surface area contributed by atoms with Crippen molar-refractivity contribution >= 4 is 27.8 Å². The number of anilines is 1. The van der Waals surface area contributed by atoms with E-state index >= 15 is 0 Å². The number of methoxy groups -OCH3 is 1. The highest BCUT2D eigenvalue weighted by atomic mass is 16.5. The molecule has 0 fully saturated rings. The van der Waals surface area contributed by atoms with Crippen LogP contribution in [0.1, 0.15) is 0 Å². The van der Waals surface area contributed by atoms with Crippen LogP contribution in [0.15, 0.2) is 39.5 Å². The van der Waals surface area contributed by atoms with Gasteiger partial charge in [-0.3, -0.25) is 4.79 Å². The van der Waals surface area contributed by atoms with E-state index in [1.165, 1.54) is 0 Å². The van der Waals surface area contributed by atoms with E-state index in [0.29, 0.717) is 17.0 Å². The summed E-state index contributed by atoms with van der Waals surface area (Å²) < 4.78 is 10.8. The van der Waals surface area contributed by atoms with E-state index in [1.54, 1.807) is 32.2 Å². The summed E-state index contributed by atoms with van der Waals surface area (Å²) in [4.78, 5) is 17.9. The predicted octanol–water partition coefficient (Wildman–Crippen LogP) is 2.42. The van der Waals surface area contributed by atoms with Gasteiger partial charge in [0.2, 0.25) is 0 Å². The molecule has 0 bridgehead atoms. The fourth-order valence-electron chi connectivity index (χ4n) is 2.18. The van der Waals surface area contributed by atoms with Gasteiger partial charge in [0, 0.05) is 14.1 Å². The number of hydrogen-bond acceptors (Lipinski definition) is 5. The first kappa shape index (κ1) is 12.5. The van der Waals surface area contributed by atoms with Crippen molar-refractivity contribution in [1.29, 1.82) is 0 Å². The zero-order chi connectivity index (χ0) is 14.3. The van der Waals surface area contributed by atoms with Crippen molar-refractivity contribution in [1.82, 2.24) is 4.98 Å². The standard InChI is InChI=1S/C15H14N2O3/c1-17(2)15-16-14(18)13-11-6-5-10(19-3)8-9(11)4-7-12(13)20-15/h4-8H,1-3H3. The third-order valence-corrected chi connectivity index (χ3v) is 3.18. The lowest BCUT2D eigenvalue weighted by Gasteiger charge is -2.10. The van der Waals surface area contributed by atoms with Crippen LogP contribution in [0.5, 0.6) is 5.75 Å². The van der Waals surface area contributed by atoms with Crippen molar-refractivity contribution in [2.75, 3.05) is 26.1 Å². The number of benzene rings is 2. The summed E-state index contributed by atoms with van der Waals surface area (Å²) in [5.74, 6) is 0.749. The van der Waals surface area contributed by atoms with Gasteiger partial charge in [-0.25, -0.2) is 0 Å². The molecule has 3 rings (SSSR count). The Balaban J connectivity index is 2.40. The molecule has 3 aromatic rings. The van der Waals surface area contributed by atoms with Crippen molar-refractivity contribution in [3.63, 3.8) is 0 Å². The quantitative estimate of drug-likeness (QED) is 0.669. The largest absolute Gasteiger partial charge is 0.497 e. The van der Waals surface area contributed by atoms with Crippen LogP contribution >= 0.6 is 0 Å². The van der Waals surface area contributed by atoms with Crippen LogP contribution in [0.3, 0.4) is 0 Å². The van der Waals surface area contributed by atoms with E-state index in [0.717, 1.165) is 16.5 Å². The van der Waals surface area contributed by atoms with Gasteiger partial charge in [-0.1, -0.05) is 6.07 Å². The maximum Gasteiger partial charge on any atom is 0.300 e. The Hall–Kier alpha value is -2.56. The lowest BCUT2D eigenvalue weighted by molar-refractivity contribution is 0.415. The first-order valence-corrected chi connectivity index (χ1v) is 6.19. The van der Waals surface area contributed by atoms with Crippen molar-refractivity contribution in [3.8, 4) is 5.75 Å². The molecule has 20 heavy (non-hydrogen) atoms. The minimum atomic E-state index is -0.286. The van der Waals surface area contributed by atoms with Crippen LogP contribution in [0.4, 0.5) is 6.01 Å².